The maximum atomic E-state index is 13.5. The molecule has 0 spiro atoms. The van der Waals surface area contributed by atoms with Gasteiger partial charge in [-0.15, -0.1) is 13.2 Å². The van der Waals surface area contributed by atoms with E-state index in [1.54, 1.807) is 6.07 Å². The third-order valence-corrected chi connectivity index (χ3v) is 9.56. The highest BCUT2D eigenvalue weighted by molar-refractivity contribution is 6.21. The van der Waals surface area contributed by atoms with Crippen molar-refractivity contribution in [1.29, 1.82) is 0 Å². The molecule has 9 rings (SSSR count). The molecule has 0 aliphatic rings. The molecule has 2 nitrogen and oxygen atoms in total. The van der Waals surface area contributed by atoms with E-state index in [-0.39, 0.29) is 5.82 Å². The minimum absolute atomic E-state index is 0.348. The molecule has 9 aromatic rings. The highest BCUT2D eigenvalue weighted by Gasteiger charge is 2.16. The summed E-state index contributed by atoms with van der Waals surface area (Å²) in [7, 11) is 0. The Bertz CT molecular complexity index is 2640. The lowest BCUT2D eigenvalue weighted by molar-refractivity contribution is 0.628. The molecule has 3 N–H and O–H groups in total. The number of nitrogens with two attached hydrogens (primary N) is 1. The van der Waals surface area contributed by atoms with Crippen LogP contribution in [-0.2, 0) is 0 Å². The van der Waals surface area contributed by atoms with Crippen LogP contribution in [0.1, 0.15) is 5.56 Å². The van der Waals surface area contributed by atoms with E-state index in [0.717, 1.165) is 11.3 Å². The Labute approximate surface area is 316 Å². The fraction of sp³-hybridized carbons (Fsp3) is 0.0196. The summed E-state index contributed by atoms with van der Waals surface area (Å²) in [5.41, 5.74) is 16.6. The summed E-state index contributed by atoms with van der Waals surface area (Å²) in [5.74, 6) is -0.348. The van der Waals surface area contributed by atoms with Crippen molar-refractivity contribution in [3.63, 3.8) is 0 Å². The number of halogens is 1. The summed E-state index contributed by atoms with van der Waals surface area (Å²) < 4.78 is 13.5. The molecule has 0 radical (unpaired) electrons. The van der Waals surface area contributed by atoms with Crippen LogP contribution < -0.4 is 11.1 Å². The van der Waals surface area contributed by atoms with Gasteiger partial charge in [0.2, 0.25) is 0 Å². The maximum Gasteiger partial charge on any atom is 0.125 e. The van der Waals surface area contributed by atoms with Gasteiger partial charge in [0, 0.05) is 5.69 Å². The second-order valence-electron chi connectivity index (χ2n) is 13.1. The number of benzene rings is 9. The molecule has 0 atom stereocenters. The molecule has 0 saturated heterocycles. The van der Waals surface area contributed by atoms with Crippen molar-refractivity contribution < 1.29 is 4.39 Å². The van der Waals surface area contributed by atoms with Gasteiger partial charge in [-0.1, -0.05) is 157 Å². The SMILES string of the molecule is C=C.Cc1cccc(-c2ccccc2)c1.Nc1cc(F)ccc1Nc1ccc(-c2c3ccccc3c(-c3ccc4ccccc4c3)c3ccccc23)cc1. The summed E-state index contributed by atoms with van der Waals surface area (Å²) in [6.45, 7) is 8.12. The van der Waals surface area contributed by atoms with Crippen LogP contribution >= 0.6 is 0 Å². The number of nitrogen functional groups attached to an aromatic ring is 1. The molecule has 0 bridgehead atoms. The zero-order valence-corrected chi connectivity index (χ0v) is 30.3. The van der Waals surface area contributed by atoms with Crippen LogP contribution in [0.25, 0.3) is 65.7 Å². The molecule has 0 aliphatic heterocycles. The van der Waals surface area contributed by atoms with Crippen LogP contribution in [0.4, 0.5) is 21.5 Å². The Morgan fingerprint density at radius 3 is 1.59 bits per heavy atom. The van der Waals surface area contributed by atoms with E-state index in [1.807, 2.05) is 18.2 Å². The van der Waals surface area contributed by atoms with Crippen LogP contribution in [0.2, 0.25) is 0 Å². The van der Waals surface area contributed by atoms with Crippen LogP contribution in [0, 0.1) is 12.7 Å². The summed E-state index contributed by atoms with van der Waals surface area (Å²) in [5, 5.41) is 10.6. The number of anilines is 3. The molecule has 262 valence electrons. The highest BCUT2D eigenvalue weighted by atomic mass is 19.1. The maximum absolute atomic E-state index is 13.5. The minimum atomic E-state index is -0.348. The molecular formula is C51H41FN2. The van der Waals surface area contributed by atoms with Gasteiger partial charge in [-0.3, -0.25) is 0 Å². The smallest absolute Gasteiger partial charge is 0.125 e. The van der Waals surface area contributed by atoms with Gasteiger partial charge in [0.1, 0.15) is 5.82 Å². The zero-order chi connectivity index (χ0) is 37.4. The molecule has 0 fully saturated rings. The Morgan fingerprint density at radius 2 is 0.981 bits per heavy atom. The number of fused-ring (bicyclic) bond motifs is 3. The van der Waals surface area contributed by atoms with Gasteiger partial charge in [-0.2, -0.15) is 0 Å². The van der Waals surface area contributed by atoms with E-state index >= 15 is 0 Å². The fourth-order valence-corrected chi connectivity index (χ4v) is 7.07. The van der Waals surface area contributed by atoms with Crippen LogP contribution in [0.3, 0.4) is 0 Å². The van der Waals surface area contributed by atoms with E-state index in [9.17, 15) is 4.39 Å². The van der Waals surface area contributed by atoms with Crippen molar-refractivity contribution in [3.8, 4) is 33.4 Å². The van der Waals surface area contributed by atoms with Crippen molar-refractivity contribution in [1.82, 2.24) is 0 Å². The van der Waals surface area contributed by atoms with Crippen LogP contribution in [-0.4, -0.2) is 0 Å². The highest BCUT2D eigenvalue weighted by Crippen LogP contribution is 2.44. The molecule has 0 saturated carbocycles. The topological polar surface area (TPSA) is 38.0 Å². The monoisotopic (exact) mass is 700 g/mol. The molecule has 0 heterocycles. The van der Waals surface area contributed by atoms with Gasteiger partial charge in [0.05, 0.1) is 11.4 Å². The predicted octanol–water partition coefficient (Wildman–Crippen LogP) is 14.4. The van der Waals surface area contributed by atoms with E-state index < -0.39 is 0 Å². The number of aryl methyl sites for hydroxylation is 1. The molecular weight excluding hydrogens is 660 g/mol. The molecule has 54 heavy (non-hydrogen) atoms. The third kappa shape index (κ3) is 7.48. The molecule has 0 aliphatic carbocycles. The van der Waals surface area contributed by atoms with E-state index in [4.69, 9.17) is 5.73 Å². The number of hydrogen-bond donors (Lipinski definition) is 2. The standard InChI is InChI=1S/C36H25FN2.C13H12.C2H4/c37-27-17-20-34(33(38)22-27)39-28-18-15-24(16-19-28)35-29-9-3-5-11-31(29)36(32-12-6-4-10-30(32)35)26-14-13-23-7-1-2-8-25(23)21-26;1-11-6-5-9-13(10-11)12-7-3-2-4-8-12;1-2/h1-22,39H,38H2;2-10H,1H3;1-2H2. The van der Waals surface area contributed by atoms with Crippen LogP contribution in [0.5, 0.6) is 0 Å². The quantitative estimate of drug-likeness (QED) is 0.107. The molecule has 0 amide bonds. The molecule has 0 unspecified atom stereocenters. The first-order valence-electron chi connectivity index (χ1n) is 18.0. The number of rotatable bonds is 5. The largest absolute Gasteiger partial charge is 0.397 e. The van der Waals surface area contributed by atoms with E-state index in [2.05, 4.69) is 177 Å². The molecule has 9 aromatic carbocycles. The van der Waals surface area contributed by atoms with Crippen molar-refractivity contribution in [2.75, 3.05) is 11.1 Å². The van der Waals surface area contributed by atoms with Gasteiger partial charge in [-0.05, 0) is 109 Å². The van der Waals surface area contributed by atoms with Gasteiger partial charge in [-0.25, -0.2) is 4.39 Å². The second-order valence-corrected chi connectivity index (χ2v) is 13.1. The first-order valence-corrected chi connectivity index (χ1v) is 18.0. The number of hydrogen-bond acceptors (Lipinski definition) is 2. The summed E-state index contributed by atoms with van der Waals surface area (Å²) >= 11 is 0. The van der Waals surface area contributed by atoms with Crippen LogP contribution in [0.15, 0.2) is 201 Å². The van der Waals surface area contributed by atoms with Gasteiger partial charge >= 0.3 is 0 Å². The van der Waals surface area contributed by atoms with Gasteiger partial charge in [0.25, 0.3) is 0 Å². The van der Waals surface area contributed by atoms with Crippen molar-refractivity contribution in [3.05, 3.63) is 213 Å². The Hall–Kier alpha value is -6.97. The normalized spacial score (nSPS) is 10.6. The van der Waals surface area contributed by atoms with E-state index in [1.165, 1.54) is 77.8 Å². The lowest BCUT2D eigenvalue weighted by atomic mass is 9.85. The second kappa shape index (κ2) is 16.1. The van der Waals surface area contributed by atoms with Gasteiger partial charge in [0.15, 0.2) is 0 Å². The van der Waals surface area contributed by atoms with Crippen molar-refractivity contribution in [2.45, 2.75) is 6.92 Å². The van der Waals surface area contributed by atoms with E-state index in [0.29, 0.717) is 11.4 Å². The average molecular weight is 701 g/mol. The first kappa shape index (κ1) is 35.4. The lowest BCUT2D eigenvalue weighted by Crippen LogP contribution is -1.97. The molecule has 3 heteroatoms. The Balaban J connectivity index is 0.000000252. The lowest BCUT2D eigenvalue weighted by Gasteiger charge is -2.18. The Morgan fingerprint density at radius 1 is 0.444 bits per heavy atom. The summed E-state index contributed by atoms with van der Waals surface area (Å²) in [6.07, 6.45) is 0. The summed E-state index contributed by atoms with van der Waals surface area (Å²) in [6, 6.07) is 64.3. The van der Waals surface area contributed by atoms with Crippen molar-refractivity contribution in [2.24, 2.45) is 0 Å². The fourth-order valence-electron chi connectivity index (χ4n) is 7.07. The Kier molecular flexibility index (Phi) is 10.6. The minimum Gasteiger partial charge on any atom is -0.397 e. The zero-order valence-electron chi connectivity index (χ0n) is 30.3. The first-order chi connectivity index (χ1) is 26.5. The average Bonchev–Trinajstić information content (AvgIpc) is 3.22. The third-order valence-electron chi connectivity index (χ3n) is 9.56. The number of nitrogens with one attached hydrogen (secondary N) is 1. The summed E-state index contributed by atoms with van der Waals surface area (Å²) in [4.78, 5) is 0. The van der Waals surface area contributed by atoms with Crippen molar-refractivity contribution >= 4 is 49.4 Å². The molecule has 0 aromatic heterocycles. The van der Waals surface area contributed by atoms with Gasteiger partial charge < -0.3 is 11.1 Å². The predicted molar refractivity (Wildman–Crippen MR) is 232 cm³/mol.